The van der Waals surface area contributed by atoms with Gasteiger partial charge in [-0.1, -0.05) is 15.9 Å². The lowest BCUT2D eigenvalue weighted by molar-refractivity contribution is 0.00628. The highest BCUT2D eigenvalue weighted by molar-refractivity contribution is 9.08. The van der Waals surface area contributed by atoms with E-state index in [1.165, 1.54) is 6.26 Å². The molecule has 0 saturated carbocycles. The fourth-order valence-electron chi connectivity index (χ4n) is 0.796. The van der Waals surface area contributed by atoms with Crippen molar-refractivity contribution in [2.45, 2.75) is 31.7 Å². The molecule has 0 amide bonds. The van der Waals surface area contributed by atoms with Crippen LogP contribution in [0.4, 0.5) is 0 Å². The van der Waals surface area contributed by atoms with E-state index in [4.69, 9.17) is 9.15 Å². The standard InChI is InChI=1S/C9H12BrNO3/c1-9(2,3)14-8(12)6-5-13-7(4-10)11-6/h5H,4H2,1-3H3. The molecule has 0 aliphatic carbocycles. The lowest BCUT2D eigenvalue weighted by Gasteiger charge is -2.18. The van der Waals surface area contributed by atoms with Gasteiger partial charge in [-0.05, 0) is 20.8 Å². The second kappa shape index (κ2) is 4.13. The van der Waals surface area contributed by atoms with Crippen molar-refractivity contribution >= 4 is 21.9 Å². The molecule has 0 unspecified atom stereocenters. The van der Waals surface area contributed by atoms with E-state index in [0.717, 1.165) is 0 Å². The predicted octanol–water partition coefficient (Wildman–Crippen LogP) is 2.52. The summed E-state index contributed by atoms with van der Waals surface area (Å²) in [5, 5.41) is 0.482. The van der Waals surface area contributed by atoms with Crippen LogP contribution in [0.15, 0.2) is 10.7 Å². The number of esters is 1. The summed E-state index contributed by atoms with van der Waals surface area (Å²) in [4.78, 5) is 15.4. The summed E-state index contributed by atoms with van der Waals surface area (Å²) >= 11 is 3.17. The normalized spacial score (nSPS) is 11.4. The molecule has 0 bridgehead atoms. The summed E-state index contributed by atoms with van der Waals surface area (Å²) in [6.45, 7) is 5.41. The second-order valence-electron chi connectivity index (χ2n) is 3.76. The number of hydrogen-bond acceptors (Lipinski definition) is 4. The summed E-state index contributed by atoms with van der Waals surface area (Å²) in [5.41, 5.74) is -0.306. The van der Waals surface area contributed by atoms with Gasteiger partial charge in [0.05, 0.1) is 5.33 Å². The number of halogens is 1. The summed E-state index contributed by atoms with van der Waals surface area (Å²) in [6, 6.07) is 0. The monoisotopic (exact) mass is 261 g/mol. The van der Waals surface area contributed by atoms with E-state index in [1.54, 1.807) is 20.8 Å². The number of ether oxygens (including phenoxy) is 1. The van der Waals surface area contributed by atoms with Gasteiger partial charge in [0.15, 0.2) is 5.69 Å². The van der Waals surface area contributed by atoms with E-state index in [2.05, 4.69) is 20.9 Å². The highest BCUT2D eigenvalue weighted by Crippen LogP contribution is 2.12. The minimum Gasteiger partial charge on any atom is -0.455 e. The molecule has 1 heterocycles. The van der Waals surface area contributed by atoms with Gasteiger partial charge in [-0.15, -0.1) is 0 Å². The Morgan fingerprint density at radius 2 is 2.29 bits per heavy atom. The highest BCUT2D eigenvalue weighted by Gasteiger charge is 2.20. The van der Waals surface area contributed by atoms with Crippen LogP contribution >= 0.6 is 15.9 Å². The maximum Gasteiger partial charge on any atom is 0.360 e. The van der Waals surface area contributed by atoms with E-state index >= 15 is 0 Å². The van der Waals surface area contributed by atoms with Crippen LogP contribution in [0.2, 0.25) is 0 Å². The van der Waals surface area contributed by atoms with Gasteiger partial charge in [-0.25, -0.2) is 9.78 Å². The Morgan fingerprint density at radius 3 is 2.71 bits per heavy atom. The molecule has 0 aromatic carbocycles. The average molecular weight is 262 g/mol. The Hall–Kier alpha value is -0.840. The van der Waals surface area contributed by atoms with Crippen LogP contribution in [-0.4, -0.2) is 16.6 Å². The molecule has 0 radical (unpaired) electrons. The van der Waals surface area contributed by atoms with Crippen molar-refractivity contribution in [2.24, 2.45) is 0 Å². The molecule has 5 heteroatoms. The van der Waals surface area contributed by atoms with Gasteiger partial charge in [0.2, 0.25) is 5.89 Å². The van der Waals surface area contributed by atoms with Crippen LogP contribution in [-0.2, 0) is 10.1 Å². The Kier molecular flexibility index (Phi) is 3.31. The highest BCUT2D eigenvalue weighted by atomic mass is 79.9. The number of nitrogens with zero attached hydrogens (tertiary/aromatic N) is 1. The van der Waals surface area contributed by atoms with Crippen molar-refractivity contribution < 1.29 is 13.9 Å². The number of rotatable bonds is 2. The molecule has 1 aromatic heterocycles. The Labute approximate surface area is 90.8 Å². The number of carbonyl (C=O) groups excluding carboxylic acids is 1. The first-order chi connectivity index (χ1) is 6.42. The van der Waals surface area contributed by atoms with Gasteiger partial charge in [-0.2, -0.15) is 0 Å². The van der Waals surface area contributed by atoms with E-state index in [0.29, 0.717) is 11.2 Å². The van der Waals surface area contributed by atoms with Gasteiger partial charge in [0.1, 0.15) is 11.9 Å². The van der Waals surface area contributed by atoms with Crippen LogP contribution in [0.1, 0.15) is 37.2 Å². The molecule has 0 atom stereocenters. The summed E-state index contributed by atoms with van der Waals surface area (Å²) in [7, 11) is 0. The van der Waals surface area contributed by atoms with Crippen molar-refractivity contribution in [2.75, 3.05) is 0 Å². The Morgan fingerprint density at radius 1 is 1.64 bits per heavy atom. The first-order valence-corrected chi connectivity index (χ1v) is 5.28. The molecule has 0 spiro atoms. The maximum atomic E-state index is 11.4. The second-order valence-corrected chi connectivity index (χ2v) is 4.32. The quantitative estimate of drug-likeness (QED) is 0.607. The van der Waals surface area contributed by atoms with Gasteiger partial charge in [-0.3, -0.25) is 0 Å². The number of hydrogen-bond donors (Lipinski definition) is 0. The molecule has 0 saturated heterocycles. The molecule has 78 valence electrons. The van der Waals surface area contributed by atoms with Crippen molar-refractivity contribution in [1.82, 2.24) is 4.98 Å². The molecule has 14 heavy (non-hydrogen) atoms. The molecule has 1 rings (SSSR count). The molecular weight excluding hydrogens is 250 g/mol. The lowest BCUT2D eigenvalue weighted by atomic mass is 10.2. The third-order valence-corrected chi connectivity index (χ3v) is 1.75. The minimum absolute atomic E-state index is 0.203. The van der Waals surface area contributed by atoms with Crippen molar-refractivity contribution in [3.8, 4) is 0 Å². The van der Waals surface area contributed by atoms with E-state index in [-0.39, 0.29) is 5.69 Å². The Bertz CT molecular complexity index is 327. The molecule has 0 fully saturated rings. The zero-order valence-corrected chi connectivity index (χ0v) is 9.92. The van der Waals surface area contributed by atoms with E-state index in [1.807, 2.05) is 0 Å². The smallest absolute Gasteiger partial charge is 0.360 e. The maximum absolute atomic E-state index is 11.4. The van der Waals surface area contributed by atoms with Gasteiger partial charge in [0, 0.05) is 0 Å². The van der Waals surface area contributed by atoms with E-state index < -0.39 is 11.6 Å². The van der Waals surface area contributed by atoms with Gasteiger partial charge >= 0.3 is 5.97 Å². The fourth-order valence-corrected chi connectivity index (χ4v) is 1.05. The third kappa shape index (κ3) is 3.14. The molecule has 0 N–H and O–H groups in total. The molecule has 1 aromatic rings. The van der Waals surface area contributed by atoms with Gasteiger partial charge < -0.3 is 9.15 Å². The van der Waals surface area contributed by atoms with Crippen LogP contribution in [0, 0.1) is 0 Å². The summed E-state index contributed by atoms with van der Waals surface area (Å²) in [5.74, 6) is -0.000640. The first kappa shape index (κ1) is 11.2. The van der Waals surface area contributed by atoms with Crippen LogP contribution in [0.3, 0.4) is 0 Å². The zero-order chi connectivity index (χ0) is 10.8. The minimum atomic E-state index is -0.509. The topological polar surface area (TPSA) is 52.3 Å². The summed E-state index contributed by atoms with van der Waals surface area (Å²) < 4.78 is 10.1. The summed E-state index contributed by atoms with van der Waals surface area (Å²) in [6.07, 6.45) is 1.30. The zero-order valence-electron chi connectivity index (χ0n) is 8.33. The Balaban J connectivity index is 2.70. The van der Waals surface area contributed by atoms with E-state index in [9.17, 15) is 4.79 Å². The number of carbonyl (C=O) groups is 1. The third-order valence-electron chi connectivity index (χ3n) is 1.27. The van der Waals surface area contributed by atoms with Crippen molar-refractivity contribution in [3.63, 3.8) is 0 Å². The lowest BCUT2D eigenvalue weighted by Crippen LogP contribution is -2.24. The van der Waals surface area contributed by atoms with Crippen LogP contribution < -0.4 is 0 Å². The number of oxazole rings is 1. The molecular formula is C9H12BrNO3. The number of alkyl halides is 1. The molecule has 0 aliphatic rings. The first-order valence-electron chi connectivity index (χ1n) is 4.16. The van der Waals surface area contributed by atoms with Crippen molar-refractivity contribution in [3.05, 3.63) is 17.8 Å². The van der Waals surface area contributed by atoms with Gasteiger partial charge in [0.25, 0.3) is 0 Å². The average Bonchev–Trinajstić information content (AvgIpc) is 2.48. The predicted molar refractivity (Wildman–Crippen MR) is 54.3 cm³/mol. The largest absolute Gasteiger partial charge is 0.455 e. The number of aromatic nitrogens is 1. The molecule has 4 nitrogen and oxygen atoms in total. The van der Waals surface area contributed by atoms with Crippen LogP contribution in [0.5, 0.6) is 0 Å². The SMILES string of the molecule is CC(C)(C)OC(=O)c1coc(CBr)n1. The van der Waals surface area contributed by atoms with Crippen molar-refractivity contribution in [1.29, 1.82) is 0 Å². The van der Waals surface area contributed by atoms with Crippen LogP contribution in [0.25, 0.3) is 0 Å². The molecule has 0 aliphatic heterocycles. The fraction of sp³-hybridized carbons (Fsp3) is 0.556.